The van der Waals surface area contributed by atoms with E-state index in [0.29, 0.717) is 16.4 Å². The Morgan fingerprint density at radius 1 is 1.50 bits per heavy atom. The molecule has 0 radical (unpaired) electrons. The van der Waals surface area contributed by atoms with Crippen molar-refractivity contribution >= 4 is 21.6 Å². The lowest BCUT2D eigenvalue weighted by atomic mass is 10.2. The molecule has 6 heteroatoms. The van der Waals surface area contributed by atoms with E-state index in [1.165, 1.54) is 12.8 Å². The van der Waals surface area contributed by atoms with Crippen molar-refractivity contribution in [3.63, 3.8) is 0 Å². The highest BCUT2D eigenvalue weighted by molar-refractivity contribution is 9.10. The normalized spacial score (nSPS) is 22.2. The Morgan fingerprint density at radius 2 is 2.30 bits per heavy atom. The number of likely N-dealkylation sites (N-methyl/N-ethyl adjacent to an activating group) is 1. The summed E-state index contributed by atoms with van der Waals surface area (Å²) >= 11 is 3.49. The summed E-state index contributed by atoms with van der Waals surface area (Å²) in [6, 6.07) is 0.455. The third-order valence-corrected chi connectivity index (χ3v) is 4.97. The van der Waals surface area contributed by atoms with Crippen molar-refractivity contribution in [3.05, 3.63) is 21.0 Å². The van der Waals surface area contributed by atoms with Gasteiger partial charge in [-0.15, -0.1) is 0 Å². The number of halogens is 1. The van der Waals surface area contributed by atoms with Crippen molar-refractivity contribution in [1.29, 1.82) is 0 Å². The van der Waals surface area contributed by atoms with Crippen LogP contribution in [0.25, 0.3) is 0 Å². The van der Waals surface area contributed by atoms with E-state index >= 15 is 0 Å². The number of hydrogen-bond acceptors (Lipinski definition) is 4. The van der Waals surface area contributed by atoms with Crippen LogP contribution in [-0.2, 0) is 6.54 Å². The van der Waals surface area contributed by atoms with Gasteiger partial charge in [0.2, 0.25) is 0 Å². The first-order valence-corrected chi connectivity index (χ1v) is 8.23. The van der Waals surface area contributed by atoms with Crippen LogP contribution < -0.4 is 15.8 Å². The summed E-state index contributed by atoms with van der Waals surface area (Å²) in [5.41, 5.74) is 0.928. The number of hydrogen-bond donors (Lipinski definition) is 1. The van der Waals surface area contributed by atoms with Gasteiger partial charge in [0.15, 0.2) is 0 Å². The standard InChI is InChI=1S/C14H21BrN4O/c1-2-18(11-5-6-16-7-11)12-8-17-19(9-10-3-4-10)14(20)13(12)15/h8,10-11,16H,2-7,9H2,1H3. The lowest BCUT2D eigenvalue weighted by molar-refractivity contribution is 0.528. The zero-order valence-electron chi connectivity index (χ0n) is 11.8. The molecular weight excluding hydrogens is 320 g/mol. The molecule has 5 nitrogen and oxygen atoms in total. The van der Waals surface area contributed by atoms with Crippen LogP contribution in [0, 0.1) is 5.92 Å². The second-order valence-corrected chi connectivity index (χ2v) is 6.50. The van der Waals surface area contributed by atoms with Gasteiger partial charge in [-0.3, -0.25) is 4.79 Å². The summed E-state index contributed by atoms with van der Waals surface area (Å²) in [6.45, 7) is 5.80. The van der Waals surface area contributed by atoms with Gasteiger partial charge < -0.3 is 10.2 Å². The zero-order valence-corrected chi connectivity index (χ0v) is 13.4. The minimum absolute atomic E-state index is 0.00111. The first-order valence-electron chi connectivity index (χ1n) is 7.43. The van der Waals surface area contributed by atoms with E-state index in [1.807, 2.05) is 6.20 Å². The number of aromatic nitrogens is 2. The molecule has 0 spiro atoms. The fraction of sp³-hybridized carbons (Fsp3) is 0.714. The van der Waals surface area contributed by atoms with Gasteiger partial charge in [0.25, 0.3) is 5.56 Å². The van der Waals surface area contributed by atoms with E-state index < -0.39 is 0 Å². The zero-order chi connectivity index (χ0) is 14.1. The summed E-state index contributed by atoms with van der Waals surface area (Å²) < 4.78 is 2.26. The van der Waals surface area contributed by atoms with Crippen LogP contribution in [0.15, 0.2) is 15.5 Å². The molecule has 2 heterocycles. The Labute approximate surface area is 127 Å². The van der Waals surface area contributed by atoms with Crippen LogP contribution >= 0.6 is 15.9 Å². The van der Waals surface area contributed by atoms with Crippen LogP contribution in [0.1, 0.15) is 26.2 Å². The van der Waals surface area contributed by atoms with Crippen molar-refractivity contribution in [2.24, 2.45) is 5.92 Å². The molecule has 1 aliphatic heterocycles. The summed E-state index contributed by atoms with van der Waals surface area (Å²) in [7, 11) is 0. The molecule has 3 rings (SSSR count). The van der Waals surface area contributed by atoms with Crippen LogP contribution in [0.3, 0.4) is 0 Å². The highest BCUT2D eigenvalue weighted by Gasteiger charge is 2.26. The Hall–Kier alpha value is -0.880. The molecule has 1 unspecified atom stereocenters. The molecule has 0 amide bonds. The lowest BCUT2D eigenvalue weighted by Crippen LogP contribution is -2.38. The number of anilines is 1. The molecule has 2 aliphatic rings. The van der Waals surface area contributed by atoms with Crippen molar-refractivity contribution in [2.45, 2.75) is 38.8 Å². The van der Waals surface area contributed by atoms with Crippen molar-refractivity contribution < 1.29 is 0 Å². The van der Waals surface area contributed by atoms with Crippen LogP contribution in [0.4, 0.5) is 5.69 Å². The van der Waals surface area contributed by atoms with Gasteiger partial charge in [-0.25, -0.2) is 4.68 Å². The van der Waals surface area contributed by atoms with E-state index in [9.17, 15) is 4.79 Å². The second kappa shape index (κ2) is 5.85. The van der Waals surface area contributed by atoms with Gasteiger partial charge in [0.05, 0.1) is 11.9 Å². The van der Waals surface area contributed by atoms with Crippen molar-refractivity contribution in [1.82, 2.24) is 15.1 Å². The maximum absolute atomic E-state index is 12.4. The van der Waals surface area contributed by atoms with Crippen LogP contribution in [0.2, 0.25) is 0 Å². The van der Waals surface area contributed by atoms with Gasteiger partial charge in [-0.1, -0.05) is 0 Å². The molecular formula is C14H21BrN4O. The SMILES string of the molecule is CCN(c1cnn(CC2CC2)c(=O)c1Br)C1CCNC1. The van der Waals surface area contributed by atoms with E-state index in [0.717, 1.165) is 38.3 Å². The molecule has 1 atom stereocenters. The molecule has 1 N–H and O–H groups in total. The summed E-state index contributed by atoms with van der Waals surface area (Å²) in [4.78, 5) is 14.7. The smallest absolute Gasteiger partial charge is 0.283 e. The summed E-state index contributed by atoms with van der Waals surface area (Å²) in [6.07, 6.45) is 5.41. The fourth-order valence-corrected chi connectivity index (χ4v) is 3.40. The predicted molar refractivity (Wildman–Crippen MR) is 83.2 cm³/mol. The molecule has 20 heavy (non-hydrogen) atoms. The van der Waals surface area contributed by atoms with Gasteiger partial charge in [-0.2, -0.15) is 5.10 Å². The highest BCUT2D eigenvalue weighted by atomic mass is 79.9. The molecule has 1 aromatic rings. The monoisotopic (exact) mass is 340 g/mol. The third kappa shape index (κ3) is 2.76. The summed E-state index contributed by atoms with van der Waals surface area (Å²) in [5, 5.41) is 7.75. The third-order valence-electron chi connectivity index (χ3n) is 4.22. The second-order valence-electron chi connectivity index (χ2n) is 5.71. The lowest BCUT2D eigenvalue weighted by Gasteiger charge is -2.29. The molecule has 1 saturated heterocycles. The number of rotatable bonds is 5. The Balaban J connectivity index is 1.88. The predicted octanol–water partition coefficient (Wildman–Crippen LogP) is 1.60. The Morgan fingerprint density at radius 3 is 2.90 bits per heavy atom. The number of nitrogens with one attached hydrogen (secondary N) is 1. The van der Waals surface area contributed by atoms with Crippen LogP contribution in [-0.4, -0.2) is 35.5 Å². The first kappa shape index (κ1) is 14.1. The summed E-state index contributed by atoms with van der Waals surface area (Å²) in [5.74, 6) is 0.652. The first-order chi connectivity index (χ1) is 9.70. The highest BCUT2D eigenvalue weighted by Crippen LogP contribution is 2.30. The average molecular weight is 341 g/mol. The van der Waals surface area contributed by atoms with Crippen molar-refractivity contribution in [3.8, 4) is 0 Å². The fourth-order valence-electron chi connectivity index (χ4n) is 2.86. The van der Waals surface area contributed by atoms with Gasteiger partial charge >= 0.3 is 0 Å². The molecule has 0 aromatic carbocycles. The average Bonchev–Trinajstić information content (AvgIpc) is 3.10. The van der Waals surface area contributed by atoms with E-state index in [1.54, 1.807) is 4.68 Å². The van der Waals surface area contributed by atoms with Gasteiger partial charge in [0.1, 0.15) is 4.47 Å². The van der Waals surface area contributed by atoms with E-state index in [2.05, 4.69) is 38.2 Å². The minimum atomic E-state index is -0.00111. The van der Waals surface area contributed by atoms with Gasteiger partial charge in [0, 0.05) is 25.7 Å². The molecule has 110 valence electrons. The van der Waals surface area contributed by atoms with E-state index in [4.69, 9.17) is 0 Å². The Kier molecular flexibility index (Phi) is 4.12. The quantitative estimate of drug-likeness (QED) is 0.884. The number of nitrogens with zero attached hydrogens (tertiary/aromatic N) is 3. The molecule has 1 saturated carbocycles. The van der Waals surface area contributed by atoms with Crippen LogP contribution in [0.5, 0.6) is 0 Å². The van der Waals surface area contributed by atoms with Crippen molar-refractivity contribution in [2.75, 3.05) is 24.5 Å². The maximum Gasteiger partial charge on any atom is 0.283 e. The van der Waals surface area contributed by atoms with E-state index in [-0.39, 0.29) is 5.56 Å². The molecule has 0 bridgehead atoms. The molecule has 2 fully saturated rings. The topological polar surface area (TPSA) is 50.2 Å². The Bertz CT molecular complexity index is 534. The molecule has 1 aliphatic carbocycles. The molecule has 1 aromatic heterocycles. The van der Waals surface area contributed by atoms with Gasteiger partial charge in [-0.05, 0) is 54.6 Å². The minimum Gasteiger partial charge on any atom is -0.365 e. The maximum atomic E-state index is 12.4. The largest absolute Gasteiger partial charge is 0.365 e.